The summed E-state index contributed by atoms with van der Waals surface area (Å²) < 4.78 is 6.24. The number of hydrogen-bond donors (Lipinski definition) is 1. The Balaban J connectivity index is 1.53. The summed E-state index contributed by atoms with van der Waals surface area (Å²) in [7, 11) is 1.66. The molecule has 0 amide bonds. The Kier molecular flexibility index (Phi) is 4.34. The molecule has 130 valence electrons. The summed E-state index contributed by atoms with van der Waals surface area (Å²) in [5, 5.41) is 10.7. The van der Waals surface area contributed by atoms with Gasteiger partial charge in [-0.15, -0.1) is 0 Å². The van der Waals surface area contributed by atoms with Gasteiger partial charge in [-0.2, -0.15) is 0 Å². The molecule has 5 rings (SSSR count). The molecule has 0 spiro atoms. The molecular weight excluding hydrogens is 368 g/mol. The van der Waals surface area contributed by atoms with Gasteiger partial charge in [-0.1, -0.05) is 15.9 Å². The van der Waals surface area contributed by atoms with Crippen LogP contribution in [0.5, 0.6) is 0 Å². The van der Waals surface area contributed by atoms with Gasteiger partial charge >= 0.3 is 0 Å². The molecule has 0 saturated heterocycles. The van der Waals surface area contributed by atoms with E-state index in [1.165, 1.54) is 12.8 Å². The third-order valence-electron chi connectivity index (χ3n) is 6.52. The summed E-state index contributed by atoms with van der Waals surface area (Å²) in [6, 6.07) is 5.84. The second kappa shape index (κ2) is 6.22. The Morgan fingerprint density at radius 2 is 2.00 bits per heavy atom. The molecule has 4 heteroatoms. The van der Waals surface area contributed by atoms with E-state index in [4.69, 9.17) is 4.74 Å². The second-order valence-electron chi connectivity index (χ2n) is 8.22. The third kappa shape index (κ3) is 2.97. The molecule has 0 aliphatic heterocycles. The first kappa shape index (κ1) is 16.7. The molecule has 4 saturated carbocycles. The molecule has 4 bridgehead atoms. The monoisotopic (exact) mass is 392 g/mol. The summed E-state index contributed by atoms with van der Waals surface area (Å²) >= 11 is 3.48. The van der Waals surface area contributed by atoms with Gasteiger partial charge in [0.05, 0.1) is 12.2 Å². The molecule has 1 aromatic carbocycles. The number of carbonyl (C=O) groups is 1. The van der Waals surface area contributed by atoms with Crippen molar-refractivity contribution in [3.05, 3.63) is 33.8 Å². The van der Waals surface area contributed by atoms with Gasteiger partial charge in [0, 0.05) is 23.6 Å². The van der Waals surface area contributed by atoms with Crippen molar-refractivity contribution >= 4 is 21.7 Å². The van der Waals surface area contributed by atoms with Crippen LogP contribution in [0.15, 0.2) is 22.7 Å². The maximum Gasteiger partial charge on any atom is 0.163 e. The topological polar surface area (TPSA) is 46.5 Å². The molecule has 2 unspecified atom stereocenters. The first-order chi connectivity index (χ1) is 11.5. The van der Waals surface area contributed by atoms with Crippen LogP contribution in [0.4, 0.5) is 0 Å². The zero-order valence-electron chi connectivity index (χ0n) is 14.1. The Bertz CT molecular complexity index is 640. The highest BCUT2D eigenvalue weighted by molar-refractivity contribution is 9.10. The molecule has 0 radical (unpaired) electrons. The Hall–Kier alpha value is -0.710. The van der Waals surface area contributed by atoms with Crippen molar-refractivity contribution in [1.29, 1.82) is 0 Å². The summed E-state index contributed by atoms with van der Waals surface area (Å²) in [6.45, 7) is 0.458. The average Bonchev–Trinajstić information content (AvgIpc) is 2.49. The third-order valence-corrected chi connectivity index (χ3v) is 7.02. The minimum Gasteiger partial charge on any atom is -0.390 e. The number of ketones is 1. The first-order valence-corrected chi connectivity index (χ1v) is 9.80. The molecule has 4 aliphatic rings. The van der Waals surface area contributed by atoms with Gasteiger partial charge in [-0.3, -0.25) is 4.79 Å². The Labute approximate surface area is 151 Å². The van der Waals surface area contributed by atoms with Gasteiger partial charge in [-0.25, -0.2) is 0 Å². The van der Waals surface area contributed by atoms with E-state index in [0.29, 0.717) is 36.7 Å². The van der Waals surface area contributed by atoms with Crippen LogP contribution >= 0.6 is 15.9 Å². The maximum atomic E-state index is 13.0. The number of rotatable bonds is 5. The lowest BCUT2D eigenvalue weighted by Gasteiger charge is -2.58. The number of hydrogen-bond acceptors (Lipinski definition) is 3. The van der Waals surface area contributed by atoms with Gasteiger partial charge in [0.15, 0.2) is 5.78 Å². The van der Waals surface area contributed by atoms with E-state index in [-0.39, 0.29) is 5.78 Å². The minimum absolute atomic E-state index is 0.235. The summed E-state index contributed by atoms with van der Waals surface area (Å²) in [4.78, 5) is 13.0. The smallest absolute Gasteiger partial charge is 0.163 e. The fourth-order valence-electron chi connectivity index (χ4n) is 5.85. The van der Waals surface area contributed by atoms with Crippen LogP contribution in [-0.2, 0) is 11.3 Å². The molecule has 3 nitrogen and oxygen atoms in total. The van der Waals surface area contributed by atoms with Crippen molar-refractivity contribution in [2.45, 2.75) is 50.7 Å². The molecule has 0 aromatic heterocycles. The standard InChI is InChI=1S/C20H25BrO3/c1-24-11-15-6-16(21)2-3-17(15)19(22)7-18-13-4-12-5-14(18)10-20(23,8-12)9-13/h2-3,6,12-14,18,23H,4-5,7-11H2,1H3. The SMILES string of the molecule is COCc1cc(Br)ccc1C(=O)CC1C2CC3CC1CC(O)(C3)C2. The van der Waals surface area contributed by atoms with Crippen molar-refractivity contribution in [2.24, 2.45) is 23.7 Å². The van der Waals surface area contributed by atoms with Crippen molar-refractivity contribution < 1.29 is 14.6 Å². The van der Waals surface area contributed by atoms with Crippen LogP contribution in [-0.4, -0.2) is 23.6 Å². The highest BCUT2D eigenvalue weighted by atomic mass is 79.9. The van der Waals surface area contributed by atoms with E-state index in [9.17, 15) is 9.90 Å². The average molecular weight is 393 g/mol. The summed E-state index contributed by atoms with van der Waals surface area (Å²) in [6.07, 6.45) is 5.85. The zero-order valence-corrected chi connectivity index (χ0v) is 15.7. The maximum absolute atomic E-state index is 13.0. The van der Waals surface area contributed by atoms with Gasteiger partial charge < -0.3 is 9.84 Å². The van der Waals surface area contributed by atoms with Crippen LogP contribution in [0.1, 0.15) is 54.4 Å². The van der Waals surface area contributed by atoms with Crippen LogP contribution in [0.2, 0.25) is 0 Å². The molecule has 1 N–H and O–H groups in total. The van der Waals surface area contributed by atoms with E-state index in [2.05, 4.69) is 15.9 Å². The number of ether oxygens (including phenoxy) is 1. The molecular formula is C20H25BrO3. The van der Waals surface area contributed by atoms with Crippen molar-refractivity contribution in [3.8, 4) is 0 Å². The van der Waals surface area contributed by atoms with Gasteiger partial charge in [0.25, 0.3) is 0 Å². The van der Waals surface area contributed by atoms with Gasteiger partial charge in [0.2, 0.25) is 0 Å². The van der Waals surface area contributed by atoms with E-state index >= 15 is 0 Å². The number of Topliss-reactive ketones (excluding diaryl/α,β-unsaturated/α-hetero) is 1. The van der Waals surface area contributed by atoms with Crippen LogP contribution in [0.3, 0.4) is 0 Å². The van der Waals surface area contributed by atoms with Gasteiger partial charge in [-0.05, 0) is 79.5 Å². The fourth-order valence-corrected chi connectivity index (χ4v) is 6.26. The highest BCUT2D eigenvalue weighted by Gasteiger charge is 2.54. The van der Waals surface area contributed by atoms with Crippen molar-refractivity contribution in [1.82, 2.24) is 0 Å². The fraction of sp³-hybridized carbons (Fsp3) is 0.650. The number of carbonyl (C=O) groups excluding carboxylic acids is 1. The molecule has 2 atom stereocenters. The van der Waals surface area contributed by atoms with Crippen molar-refractivity contribution in [2.75, 3.05) is 7.11 Å². The zero-order chi connectivity index (χ0) is 16.9. The minimum atomic E-state index is -0.422. The van der Waals surface area contributed by atoms with E-state index < -0.39 is 5.60 Å². The molecule has 1 aromatic rings. The largest absolute Gasteiger partial charge is 0.390 e. The van der Waals surface area contributed by atoms with Crippen LogP contribution in [0.25, 0.3) is 0 Å². The number of aliphatic hydroxyl groups is 1. The van der Waals surface area contributed by atoms with E-state index in [1.807, 2.05) is 18.2 Å². The lowest BCUT2D eigenvalue weighted by Crippen LogP contribution is -2.54. The second-order valence-corrected chi connectivity index (χ2v) is 9.14. The Morgan fingerprint density at radius 3 is 2.62 bits per heavy atom. The lowest BCUT2D eigenvalue weighted by atomic mass is 9.49. The Morgan fingerprint density at radius 1 is 1.29 bits per heavy atom. The molecule has 4 aliphatic carbocycles. The first-order valence-electron chi connectivity index (χ1n) is 9.00. The van der Waals surface area contributed by atoms with Crippen LogP contribution in [0, 0.1) is 23.7 Å². The normalized spacial score (nSPS) is 37.0. The number of benzene rings is 1. The summed E-state index contributed by atoms with van der Waals surface area (Å²) in [5.41, 5.74) is 1.33. The number of halogens is 1. The van der Waals surface area contributed by atoms with Gasteiger partial charge in [0.1, 0.15) is 0 Å². The molecule has 4 fully saturated rings. The van der Waals surface area contributed by atoms with Crippen molar-refractivity contribution in [3.63, 3.8) is 0 Å². The summed E-state index contributed by atoms with van der Waals surface area (Å²) in [5.74, 6) is 2.45. The number of methoxy groups -OCH3 is 1. The van der Waals surface area contributed by atoms with Crippen LogP contribution < -0.4 is 0 Å². The van der Waals surface area contributed by atoms with E-state index in [0.717, 1.165) is 34.9 Å². The predicted molar refractivity (Wildman–Crippen MR) is 95.8 cm³/mol. The highest BCUT2D eigenvalue weighted by Crippen LogP contribution is 2.59. The lowest BCUT2D eigenvalue weighted by molar-refractivity contribution is -0.151. The predicted octanol–water partition coefficient (Wildman–Crippen LogP) is 4.36. The molecule has 24 heavy (non-hydrogen) atoms. The van der Waals surface area contributed by atoms with E-state index in [1.54, 1.807) is 7.11 Å². The molecule has 0 heterocycles. The quantitative estimate of drug-likeness (QED) is 0.757.